The van der Waals surface area contributed by atoms with E-state index >= 15 is 0 Å². The SMILES string of the molecule is CN(C)C(=O)[C@H]1CN(C(=O)c2ccccc2Cn2cccn2)CCN1C. The quantitative estimate of drug-likeness (QED) is 0.813. The van der Waals surface area contributed by atoms with Crippen LogP contribution in [0.5, 0.6) is 0 Å². The molecule has 1 atom stereocenters. The first kappa shape index (κ1) is 18.1. The van der Waals surface area contributed by atoms with E-state index in [-0.39, 0.29) is 17.9 Å². The van der Waals surface area contributed by atoms with Gasteiger partial charge in [0.25, 0.3) is 5.91 Å². The number of piperazine rings is 1. The van der Waals surface area contributed by atoms with Gasteiger partial charge < -0.3 is 9.80 Å². The Bertz CT molecular complexity index is 772. The van der Waals surface area contributed by atoms with Crippen LogP contribution in [0.3, 0.4) is 0 Å². The summed E-state index contributed by atoms with van der Waals surface area (Å²) in [7, 11) is 5.42. The molecule has 1 fully saturated rings. The summed E-state index contributed by atoms with van der Waals surface area (Å²) in [6.07, 6.45) is 3.60. The van der Waals surface area contributed by atoms with Gasteiger partial charge in [0.15, 0.2) is 0 Å². The largest absolute Gasteiger partial charge is 0.347 e. The van der Waals surface area contributed by atoms with Crippen LogP contribution in [0.25, 0.3) is 0 Å². The van der Waals surface area contributed by atoms with Crippen molar-refractivity contribution >= 4 is 11.8 Å². The molecule has 26 heavy (non-hydrogen) atoms. The number of hydrogen-bond donors (Lipinski definition) is 0. The average molecular weight is 355 g/mol. The predicted octanol–water partition coefficient (Wildman–Crippen LogP) is 0.776. The van der Waals surface area contributed by atoms with Gasteiger partial charge in [0.2, 0.25) is 5.91 Å². The lowest BCUT2D eigenvalue weighted by Gasteiger charge is -2.39. The van der Waals surface area contributed by atoms with Gasteiger partial charge in [-0.25, -0.2) is 0 Å². The molecule has 0 aliphatic carbocycles. The van der Waals surface area contributed by atoms with E-state index in [1.165, 1.54) is 0 Å². The highest BCUT2D eigenvalue weighted by Gasteiger charge is 2.33. The number of aromatic nitrogens is 2. The first-order chi connectivity index (χ1) is 12.5. The zero-order chi connectivity index (χ0) is 18.7. The van der Waals surface area contributed by atoms with Crippen molar-refractivity contribution in [3.05, 3.63) is 53.9 Å². The molecule has 0 N–H and O–H groups in total. The fourth-order valence-corrected chi connectivity index (χ4v) is 3.23. The van der Waals surface area contributed by atoms with Gasteiger partial charge in [-0.2, -0.15) is 5.10 Å². The fourth-order valence-electron chi connectivity index (χ4n) is 3.23. The number of likely N-dealkylation sites (N-methyl/N-ethyl adjacent to an activating group) is 2. The summed E-state index contributed by atoms with van der Waals surface area (Å²) in [6, 6.07) is 9.16. The van der Waals surface area contributed by atoms with Crippen LogP contribution in [-0.4, -0.2) is 83.1 Å². The first-order valence-corrected chi connectivity index (χ1v) is 8.73. The number of rotatable bonds is 4. The monoisotopic (exact) mass is 355 g/mol. The van der Waals surface area contributed by atoms with Gasteiger partial charge in [-0.15, -0.1) is 0 Å². The normalized spacial score (nSPS) is 18.0. The summed E-state index contributed by atoms with van der Waals surface area (Å²) in [5, 5.41) is 4.22. The third-order valence-electron chi connectivity index (χ3n) is 4.80. The minimum atomic E-state index is -0.305. The number of carbonyl (C=O) groups is 2. The standard InChI is InChI=1S/C19H25N5O2/c1-21(2)19(26)17-14-23(12-11-22(17)3)18(25)16-8-5-4-7-15(16)13-24-10-6-9-20-24/h4-10,17H,11-14H2,1-3H3/t17-/m1/s1. The summed E-state index contributed by atoms with van der Waals surface area (Å²) in [5.41, 5.74) is 1.60. The van der Waals surface area contributed by atoms with Crippen LogP contribution >= 0.6 is 0 Å². The van der Waals surface area contributed by atoms with E-state index in [4.69, 9.17) is 0 Å². The number of benzene rings is 1. The fraction of sp³-hybridized carbons (Fsp3) is 0.421. The van der Waals surface area contributed by atoms with Crippen LogP contribution < -0.4 is 0 Å². The molecule has 7 nitrogen and oxygen atoms in total. The molecular formula is C19H25N5O2. The van der Waals surface area contributed by atoms with Crippen LogP contribution in [0.15, 0.2) is 42.7 Å². The Kier molecular flexibility index (Phi) is 5.37. The molecule has 0 radical (unpaired) electrons. The summed E-state index contributed by atoms with van der Waals surface area (Å²) in [5.74, 6) is -0.00719. The number of hydrogen-bond acceptors (Lipinski definition) is 4. The molecule has 0 unspecified atom stereocenters. The Morgan fingerprint density at radius 1 is 1.19 bits per heavy atom. The average Bonchev–Trinajstić information content (AvgIpc) is 3.14. The lowest BCUT2D eigenvalue weighted by Crippen LogP contribution is -2.58. The van der Waals surface area contributed by atoms with Gasteiger partial charge in [0, 0.05) is 51.7 Å². The molecule has 1 aliphatic heterocycles. The number of amides is 2. The second kappa shape index (κ2) is 7.70. The Labute approximate surface area is 153 Å². The van der Waals surface area contributed by atoms with Crippen molar-refractivity contribution in [2.24, 2.45) is 0 Å². The summed E-state index contributed by atoms with van der Waals surface area (Å²) >= 11 is 0. The van der Waals surface area contributed by atoms with E-state index in [1.54, 1.807) is 34.8 Å². The predicted molar refractivity (Wildman–Crippen MR) is 98.8 cm³/mol. The zero-order valence-electron chi connectivity index (χ0n) is 15.5. The molecule has 0 saturated carbocycles. The Balaban J connectivity index is 1.80. The lowest BCUT2D eigenvalue weighted by atomic mass is 10.0. The molecule has 7 heteroatoms. The molecule has 2 amide bonds. The molecule has 0 spiro atoms. The topological polar surface area (TPSA) is 61.7 Å². The van der Waals surface area contributed by atoms with E-state index < -0.39 is 0 Å². The molecular weight excluding hydrogens is 330 g/mol. The summed E-state index contributed by atoms with van der Waals surface area (Å²) < 4.78 is 1.80. The van der Waals surface area contributed by atoms with Crippen LogP contribution in [0.2, 0.25) is 0 Å². The van der Waals surface area contributed by atoms with Gasteiger partial charge in [-0.05, 0) is 24.7 Å². The van der Waals surface area contributed by atoms with Crippen LogP contribution in [0.1, 0.15) is 15.9 Å². The first-order valence-electron chi connectivity index (χ1n) is 8.73. The lowest BCUT2D eigenvalue weighted by molar-refractivity contribution is -0.135. The van der Waals surface area contributed by atoms with Gasteiger partial charge in [0.1, 0.15) is 6.04 Å². The smallest absolute Gasteiger partial charge is 0.254 e. The molecule has 2 heterocycles. The van der Waals surface area contributed by atoms with Crippen molar-refractivity contribution in [1.29, 1.82) is 0 Å². The van der Waals surface area contributed by atoms with Crippen molar-refractivity contribution in [2.45, 2.75) is 12.6 Å². The maximum atomic E-state index is 13.1. The van der Waals surface area contributed by atoms with Gasteiger partial charge in [0.05, 0.1) is 6.54 Å². The van der Waals surface area contributed by atoms with Crippen molar-refractivity contribution in [2.75, 3.05) is 40.8 Å². The van der Waals surface area contributed by atoms with E-state index in [0.29, 0.717) is 31.7 Å². The summed E-state index contributed by atoms with van der Waals surface area (Å²) in [6.45, 7) is 2.24. The summed E-state index contributed by atoms with van der Waals surface area (Å²) in [4.78, 5) is 31.0. The highest BCUT2D eigenvalue weighted by molar-refractivity contribution is 5.96. The maximum Gasteiger partial charge on any atom is 0.254 e. The van der Waals surface area contributed by atoms with E-state index in [0.717, 1.165) is 5.56 Å². The molecule has 1 aromatic carbocycles. The van der Waals surface area contributed by atoms with Crippen molar-refractivity contribution in [3.8, 4) is 0 Å². The Morgan fingerprint density at radius 3 is 2.65 bits per heavy atom. The van der Waals surface area contributed by atoms with E-state index in [9.17, 15) is 9.59 Å². The second-order valence-corrected chi connectivity index (χ2v) is 6.84. The maximum absolute atomic E-state index is 13.1. The van der Waals surface area contributed by atoms with Crippen molar-refractivity contribution < 1.29 is 9.59 Å². The second-order valence-electron chi connectivity index (χ2n) is 6.84. The molecule has 1 saturated heterocycles. The van der Waals surface area contributed by atoms with Crippen molar-refractivity contribution in [3.63, 3.8) is 0 Å². The van der Waals surface area contributed by atoms with Crippen LogP contribution in [0, 0.1) is 0 Å². The molecule has 3 rings (SSSR count). The highest BCUT2D eigenvalue weighted by Crippen LogP contribution is 2.17. The van der Waals surface area contributed by atoms with Crippen molar-refractivity contribution in [1.82, 2.24) is 24.5 Å². The molecule has 1 aromatic heterocycles. The molecule has 0 bridgehead atoms. The third kappa shape index (κ3) is 3.77. The van der Waals surface area contributed by atoms with Gasteiger partial charge >= 0.3 is 0 Å². The van der Waals surface area contributed by atoms with Gasteiger partial charge in [-0.1, -0.05) is 18.2 Å². The number of carbonyl (C=O) groups excluding carboxylic acids is 2. The minimum absolute atomic E-state index is 0.0230. The van der Waals surface area contributed by atoms with E-state index in [1.807, 2.05) is 48.5 Å². The Hall–Kier alpha value is -2.67. The zero-order valence-corrected chi connectivity index (χ0v) is 15.5. The Morgan fingerprint density at radius 2 is 1.96 bits per heavy atom. The molecule has 2 aromatic rings. The van der Waals surface area contributed by atoms with Crippen LogP contribution in [-0.2, 0) is 11.3 Å². The van der Waals surface area contributed by atoms with E-state index in [2.05, 4.69) is 5.10 Å². The molecule has 1 aliphatic rings. The highest BCUT2D eigenvalue weighted by atomic mass is 16.2. The van der Waals surface area contributed by atoms with Crippen LogP contribution in [0.4, 0.5) is 0 Å². The van der Waals surface area contributed by atoms with Gasteiger partial charge in [-0.3, -0.25) is 19.2 Å². The third-order valence-corrected chi connectivity index (χ3v) is 4.80. The minimum Gasteiger partial charge on any atom is -0.347 e. The molecule has 138 valence electrons. The number of nitrogens with zero attached hydrogens (tertiary/aromatic N) is 5.